The molecule has 2 saturated carbocycles. The molecule has 3 aliphatic carbocycles. The number of fused-ring (bicyclic) bond motifs is 3. The fourth-order valence-corrected chi connectivity index (χ4v) is 5.13. The smallest absolute Gasteiger partial charge is 0.356 e. The van der Waals surface area contributed by atoms with Gasteiger partial charge in [0.15, 0.2) is 5.69 Å². The normalized spacial score (nSPS) is 27.9. The summed E-state index contributed by atoms with van der Waals surface area (Å²) in [5.74, 6) is 1.70. The summed E-state index contributed by atoms with van der Waals surface area (Å²) in [5.41, 5.74) is 3.63. The van der Waals surface area contributed by atoms with Gasteiger partial charge in [0, 0.05) is 29.6 Å². The van der Waals surface area contributed by atoms with Gasteiger partial charge in [-0.1, -0.05) is 6.07 Å². The van der Waals surface area contributed by atoms with Crippen LogP contribution in [0, 0.1) is 18.8 Å². The Labute approximate surface area is 164 Å². The van der Waals surface area contributed by atoms with Crippen molar-refractivity contribution in [3.05, 3.63) is 40.8 Å². The SMILES string of the molecule is Cc1cccnc1OC1CCC(CCn2nc(C(=O)O)c3c2C[C@H]2C[C@@H]32)CC1. The monoisotopic (exact) mass is 381 g/mol. The molecule has 0 amide bonds. The maximum Gasteiger partial charge on any atom is 0.356 e. The lowest BCUT2D eigenvalue weighted by Crippen LogP contribution is -2.25. The molecular formula is C22H27N3O3. The fraction of sp³-hybridized carbons (Fsp3) is 0.591. The van der Waals surface area contributed by atoms with Crippen LogP contribution < -0.4 is 4.74 Å². The molecule has 0 spiro atoms. The second kappa shape index (κ2) is 6.90. The molecule has 0 aliphatic heterocycles. The van der Waals surface area contributed by atoms with Crippen molar-refractivity contribution in [3.63, 3.8) is 0 Å². The minimum absolute atomic E-state index is 0.254. The van der Waals surface area contributed by atoms with Crippen LogP contribution in [0.25, 0.3) is 0 Å². The Morgan fingerprint density at radius 2 is 2.14 bits per heavy atom. The molecule has 0 saturated heterocycles. The van der Waals surface area contributed by atoms with E-state index < -0.39 is 5.97 Å². The first-order valence-corrected chi connectivity index (χ1v) is 10.5. The molecule has 0 radical (unpaired) electrons. The molecule has 3 aliphatic rings. The Balaban J connectivity index is 1.16. The molecule has 6 nitrogen and oxygen atoms in total. The van der Waals surface area contributed by atoms with Gasteiger partial charge in [-0.25, -0.2) is 9.78 Å². The van der Waals surface area contributed by atoms with Crippen molar-refractivity contribution in [1.29, 1.82) is 0 Å². The molecule has 2 aromatic rings. The lowest BCUT2D eigenvalue weighted by molar-refractivity contribution is 0.0688. The molecule has 2 fully saturated rings. The van der Waals surface area contributed by atoms with Crippen molar-refractivity contribution in [2.45, 2.75) is 70.4 Å². The maximum atomic E-state index is 11.6. The maximum absolute atomic E-state index is 11.6. The Hall–Kier alpha value is -2.37. The predicted molar refractivity (Wildman–Crippen MR) is 104 cm³/mol. The number of pyridine rings is 1. The molecule has 6 heteroatoms. The highest BCUT2D eigenvalue weighted by Gasteiger charge is 2.50. The number of aromatic carboxylic acids is 1. The van der Waals surface area contributed by atoms with Gasteiger partial charge < -0.3 is 9.84 Å². The molecule has 5 rings (SSSR count). The number of carbonyl (C=O) groups is 1. The average molecular weight is 381 g/mol. The summed E-state index contributed by atoms with van der Waals surface area (Å²) in [5, 5.41) is 13.9. The lowest BCUT2D eigenvalue weighted by Gasteiger charge is -2.29. The number of carboxylic acids is 1. The van der Waals surface area contributed by atoms with Crippen molar-refractivity contribution in [2.75, 3.05) is 0 Å². The topological polar surface area (TPSA) is 77.2 Å². The Morgan fingerprint density at radius 1 is 1.32 bits per heavy atom. The van der Waals surface area contributed by atoms with Crippen molar-refractivity contribution in [1.82, 2.24) is 14.8 Å². The highest BCUT2D eigenvalue weighted by Crippen LogP contribution is 2.57. The summed E-state index contributed by atoms with van der Waals surface area (Å²) >= 11 is 0. The summed E-state index contributed by atoms with van der Waals surface area (Å²) in [6, 6.07) is 3.97. The van der Waals surface area contributed by atoms with Crippen LogP contribution in [0.15, 0.2) is 18.3 Å². The molecule has 2 atom stereocenters. The van der Waals surface area contributed by atoms with Gasteiger partial charge in [-0.05, 0) is 75.7 Å². The van der Waals surface area contributed by atoms with Crippen LogP contribution in [0.1, 0.15) is 71.8 Å². The minimum atomic E-state index is -0.870. The van der Waals surface area contributed by atoms with E-state index in [-0.39, 0.29) is 6.10 Å². The van der Waals surface area contributed by atoms with Crippen LogP contribution in [-0.4, -0.2) is 31.9 Å². The highest BCUT2D eigenvalue weighted by atomic mass is 16.5. The second-order valence-electron chi connectivity index (χ2n) is 8.72. The Morgan fingerprint density at radius 3 is 2.89 bits per heavy atom. The number of aryl methyl sites for hydroxylation is 2. The first kappa shape index (κ1) is 17.7. The van der Waals surface area contributed by atoms with Crippen molar-refractivity contribution < 1.29 is 14.6 Å². The zero-order valence-corrected chi connectivity index (χ0v) is 16.3. The summed E-state index contributed by atoms with van der Waals surface area (Å²) in [6.07, 6.45) is 9.69. The summed E-state index contributed by atoms with van der Waals surface area (Å²) < 4.78 is 8.11. The van der Waals surface area contributed by atoms with Crippen LogP contribution >= 0.6 is 0 Å². The summed E-state index contributed by atoms with van der Waals surface area (Å²) in [6.45, 7) is 2.87. The van der Waals surface area contributed by atoms with Gasteiger partial charge in [-0.15, -0.1) is 0 Å². The molecule has 0 bridgehead atoms. The number of hydrogen-bond donors (Lipinski definition) is 1. The predicted octanol–water partition coefficient (Wildman–Crippen LogP) is 3.97. The van der Waals surface area contributed by atoms with Crippen molar-refractivity contribution in [2.24, 2.45) is 11.8 Å². The van der Waals surface area contributed by atoms with Crippen LogP contribution in [0.4, 0.5) is 0 Å². The number of hydrogen-bond acceptors (Lipinski definition) is 4. The van der Waals surface area contributed by atoms with Crippen LogP contribution in [0.3, 0.4) is 0 Å². The summed E-state index contributed by atoms with van der Waals surface area (Å²) in [7, 11) is 0. The zero-order chi connectivity index (χ0) is 19.3. The van der Waals surface area contributed by atoms with Crippen LogP contribution in [0.5, 0.6) is 5.88 Å². The molecular weight excluding hydrogens is 354 g/mol. The lowest BCUT2D eigenvalue weighted by atomic mass is 9.85. The standard InChI is InChI=1S/C22H27N3O3/c1-13-3-2-9-23-21(13)28-16-6-4-14(5-7-16)8-10-25-18-12-15-11-17(15)19(18)20(24-25)22(26)27/h2-3,9,14-17H,4-8,10-12H2,1H3,(H,26,27)/t14?,15-,16?,17-/m1/s1. The van der Waals surface area contributed by atoms with E-state index in [4.69, 9.17) is 4.74 Å². The zero-order valence-electron chi connectivity index (χ0n) is 16.3. The van der Waals surface area contributed by atoms with E-state index in [0.717, 1.165) is 68.5 Å². The van der Waals surface area contributed by atoms with Crippen LogP contribution in [-0.2, 0) is 13.0 Å². The van der Waals surface area contributed by atoms with Gasteiger partial charge in [0.1, 0.15) is 6.10 Å². The van der Waals surface area contributed by atoms with E-state index in [0.29, 0.717) is 23.4 Å². The van der Waals surface area contributed by atoms with E-state index in [1.165, 1.54) is 5.69 Å². The Bertz CT molecular complexity index is 898. The molecule has 2 heterocycles. The van der Waals surface area contributed by atoms with E-state index in [9.17, 15) is 9.90 Å². The van der Waals surface area contributed by atoms with Crippen molar-refractivity contribution >= 4 is 5.97 Å². The third-order valence-corrected chi connectivity index (χ3v) is 6.83. The number of aromatic nitrogens is 3. The molecule has 2 aromatic heterocycles. The van der Waals surface area contributed by atoms with E-state index in [2.05, 4.69) is 10.1 Å². The third-order valence-electron chi connectivity index (χ3n) is 6.83. The Kier molecular flexibility index (Phi) is 4.37. The first-order valence-electron chi connectivity index (χ1n) is 10.5. The quantitative estimate of drug-likeness (QED) is 0.819. The summed E-state index contributed by atoms with van der Waals surface area (Å²) in [4.78, 5) is 15.9. The van der Waals surface area contributed by atoms with Gasteiger partial charge >= 0.3 is 5.97 Å². The average Bonchev–Trinajstić information content (AvgIpc) is 3.20. The number of carboxylic acid groups (broad SMARTS) is 1. The fourth-order valence-electron chi connectivity index (χ4n) is 5.13. The number of nitrogens with zero attached hydrogens (tertiary/aromatic N) is 3. The number of ether oxygens (including phenoxy) is 1. The van der Waals surface area contributed by atoms with E-state index >= 15 is 0 Å². The van der Waals surface area contributed by atoms with E-state index in [1.807, 2.05) is 23.7 Å². The van der Waals surface area contributed by atoms with Gasteiger partial charge in [0.05, 0.1) is 0 Å². The van der Waals surface area contributed by atoms with Gasteiger partial charge in [-0.2, -0.15) is 5.10 Å². The molecule has 148 valence electrons. The minimum Gasteiger partial charge on any atom is -0.476 e. The van der Waals surface area contributed by atoms with Crippen LogP contribution in [0.2, 0.25) is 0 Å². The van der Waals surface area contributed by atoms with Gasteiger partial charge in [0.25, 0.3) is 0 Å². The second-order valence-corrected chi connectivity index (χ2v) is 8.72. The highest BCUT2D eigenvalue weighted by molar-refractivity contribution is 5.88. The van der Waals surface area contributed by atoms with E-state index in [1.54, 1.807) is 6.20 Å². The third kappa shape index (κ3) is 3.19. The van der Waals surface area contributed by atoms with Gasteiger partial charge in [-0.3, -0.25) is 4.68 Å². The first-order chi connectivity index (χ1) is 13.6. The number of rotatable bonds is 6. The molecule has 1 N–H and O–H groups in total. The van der Waals surface area contributed by atoms with Gasteiger partial charge in [0.2, 0.25) is 5.88 Å². The molecule has 0 unspecified atom stereocenters. The largest absolute Gasteiger partial charge is 0.476 e. The van der Waals surface area contributed by atoms with Crippen molar-refractivity contribution in [3.8, 4) is 5.88 Å². The molecule has 0 aromatic carbocycles. The molecule has 28 heavy (non-hydrogen) atoms.